The van der Waals surface area contributed by atoms with Crippen molar-refractivity contribution >= 4 is 0 Å². The van der Waals surface area contributed by atoms with Gasteiger partial charge in [-0.3, -0.25) is 0 Å². The Kier molecular flexibility index (Phi) is 3.38. The minimum absolute atomic E-state index is 0.0217. The van der Waals surface area contributed by atoms with E-state index in [1.807, 2.05) is 6.07 Å². The van der Waals surface area contributed by atoms with Gasteiger partial charge in [-0.1, -0.05) is 39.8 Å². The minimum Gasteiger partial charge on any atom is -0.494 e. The van der Waals surface area contributed by atoms with E-state index in [2.05, 4.69) is 27.7 Å². The summed E-state index contributed by atoms with van der Waals surface area (Å²) in [7, 11) is 1.48. The van der Waals surface area contributed by atoms with Crippen molar-refractivity contribution in [3.05, 3.63) is 29.6 Å². The van der Waals surface area contributed by atoms with Gasteiger partial charge in [0.15, 0.2) is 11.6 Å². The third kappa shape index (κ3) is 2.14. The first-order valence-electron chi connectivity index (χ1n) is 6.80. The summed E-state index contributed by atoms with van der Waals surface area (Å²) < 4.78 is 19.1. The predicted octanol–water partition coefficient (Wildman–Crippen LogP) is 3.39. The molecule has 1 atom stereocenters. The summed E-state index contributed by atoms with van der Waals surface area (Å²) in [4.78, 5) is 0. The van der Waals surface area contributed by atoms with Crippen LogP contribution >= 0.6 is 0 Å². The molecule has 2 nitrogen and oxygen atoms in total. The van der Waals surface area contributed by atoms with Crippen LogP contribution in [0.15, 0.2) is 18.2 Å². The van der Waals surface area contributed by atoms with E-state index in [1.165, 1.54) is 7.11 Å². The van der Waals surface area contributed by atoms with Crippen molar-refractivity contribution in [2.45, 2.75) is 40.2 Å². The van der Waals surface area contributed by atoms with E-state index in [1.54, 1.807) is 12.1 Å². The Hall–Kier alpha value is -1.09. The van der Waals surface area contributed by atoms with E-state index in [0.717, 1.165) is 0 Å². The molecule has 1 unspecified atom stereocenters. The summed E-state index contributed by atoms with van der Waals surface area (Å²) in [6, 6.07) is 5.22. The van der Waals surface area contributed by atoms with Crippen LogP contribution in [0.4, 0.5) is 4.39 Å². The van der Waals surface area contributed by atoms with Gasteiger partial charge in [-0.05, 0) is 34.8 Å². The third-order valence-electron chi connectivity index (χ3n) is 5.28. The molecule has 0 amide bonds. The zero-order valence-electron chi connectivity index (χ0n) is 12.5. The van der Waals surface area contributed by atoms with Gasteiger partial charge in [-0.2, -0.15) is 0 Å². The van der Waals surface area contributed by atoms with Crippen LogP contribution in [0.5, 0.6) is 5.75 Å². The number of halogens is 1. The zero-order chi connectivity index (χ0) is 14.4. The topological polar surface area (TPSA) is 35.2 Å². The highest BCUT2D eigenvalue weighted by Crippen LogP contribution is 2.69. The molecule has 0 heterocycles. The number of nitrogens with two attached hydrogens (primary N) is 1. The van der Waals surface area contributed by atoms with Crippen LogP contribution < -0.4 is 10.5 Å². The lowest BCUT2D eigenvalue weighted by Crippen LogP contribution is -2.28. The van der Waals surface area contributed by atoms with E-state index < -0.39 is 0 Å². The van der Waals surface area contributed by atoms with E-state index in [9.17, 15) is 4.39 Å². The second kappa shape index (κ2) is 4.48. The first-order valence-corrected chi connectivity index (χ1v) is 6.80. The Morgan fingerprint density at radius 1 is 1.26 bits per heavy atom. The van der Waals surface area contributed by atoms with Gasteiger partial charge in [0, 0.05) is 6.04 Å². The van der Waals surface area contributed by atoms with Crippen molar-refractivity contribution in [3.63, 3.8) is 0 Å². The fourth-order valence-electron chi connectivity index (χ4n) is 3.56. The van der Waals surface area contributed by atoms with E-state index in [0.29, 0.717) is 23.7 Å². The molecule has 2 rings (SSSR count). The van der Waals surface area contributed by atoms with Gasteiger partial charge in [-0.15, -0.1) is 0 Å². The van der Waals surface area contributed by atoms with E-state index in [4.69, 9.17) is 10.5 Å². The number of methoxy groups -OCH3 is 1. The molecule has 0 bridgehead atoms. The standard InChI is InChI=1S/C16H24FNO/c1-15(2)14(16(15,3)4)11(18)9-10-7-6-8-12(19-5)13(10)17/h6-8,11,14H,9,18H2,1-5H3. The first kappa shape index (κ1) is 14.3. The Labute approximate surface area is 115 Å². The maximum absolute atomic E-state index is 14.1. The average molecular weight is 265 g/mol. The van der Waals surface area contributed by atoms with Gasteiger partial charge >= 0.3 is 0 Å². The molecule has 1 saturated carbocycles. The van der Waals surface area contributed by atoms with Crippen molar-refractivity contribution in [3.8, 4) is 5.75 Å². The fourth-order valence-corrected chi connectivity index (χ4v) is 3.56. The highest BCUT2D eigenvalue weighted by atomic mass is 19.1. The number of hydrogen-bond acceptors (Lipinski definition) is 2. The zero-order valence-corrected chi connectivity index (χ0v) is 12.5. The molecular weight excluding hydrogens is 241 g/mol. The number of ether oxygens (including phenoxy) is 1. The summed E-state index contributed by atoms with van der Waals surface area (Å²) >= 11 is 0. The third-order valence-corrected chi connectivity index (χ3v) is 5.28. The lowest BCUT2D eigenvalue weighted by molar-refractivity contribution is 0.381. The van der Waals surface area contributed by atoms with Crippen molar-refractivity contribution in [2.75, 3.05) is 7.11 Å². The van der Waals surface area contributed by atoms with Crippen LogP contribution in [-0.2, 0) is 6.42 Å². The summed E-state index contributed by atoms with van der Waals surface area (Å²) in [6.07, 6.45) is 0.556. The first-order chi connectivity index (χ1) is 8.73. The fraction of sp³-hybridized carbons (Fsp3) is 0.625. The molecule has 1 aliphatic rings. The predicted molar refractivity (Wildman–Crippen MR) is 75.7 cm³/mol. The molecule has 1 aromatic rings. The molecule has 106 valence electrons. The van der Waals surface area contributed by atoms with Crippen LogP contribution in [0.3, 0.4) is 0 Å². The molecule has 0 spiro atoms. The Morgan fingerprint density at radius 2 is 1.84 bits per heavy atom. The van der Waals surface area contributed by atoms with Crippen LogP contribution in [0.1, 0.15) is 33.3 Å². The van der Waals surface area contributed by atoms with E-state index in [-0.39, 0.29) is 22.7 Å². The van der Waals surface area contributed by atoms with Gasteiger partial charge in [0.2, 0.25) is 0 Å². The number of hydrogen-bond donors (Lipinski definition) is 1. The molecule has 0 radical (unpaired) electrons. The summed E-state index contributed by atoms with van der Waals surface area (Å²) in [5.41, 5.74) is 7.41. The van der Waals surface area contributed by atoms with Gasteiger partial charge < -0.3 is 10.5 Å². The molecule has 1 aromatic carbocycles. The SMILES string of the molecule is COc1cccc(CC(N)C2C(C)(C)C2(C)C)c1F. The highest BCUT2D eigenvalue weighted by molar-refractivity contribution is 5.32. The lowest BCUT2D eigenvalue weighted by Gasteiger charge is -2.15. The van der Waals surface area contributed by atoms with Gasteiger partial charge in [-0.25, -0.2) is 4.39 Å². The molecular formula is C16H24FNO. The molecule has 0 saturated heterocycles. The van der Waals surface area contributed by atoms with Crippen molar-refractivity contribution in [1.82, 2.24) is 0 Å². The second-order valence-electron chi connectivity index (χ2n) is 6.72. The summed E-state index contributed by atoms with van der Waals surface area (Å²) in [5, 5.41) is 0. The Bertz CT molecular complexity index is 468. The quantitative estimate of drug-likeness (QED) is 0.905. The maximum Gasteiger partial charge on any atom is 0.168 e. The lowest BCUT2D eigenvalue weighted by atomic mass is 9.97. The smallest absolute Gasteiger partial charge is 0.168 e. The van der Waals surface area contributed by atoms with Crippen LogP contribution in [0.2, 0.25) is 0 Å². The Balaban J connectivity index is 2.15. The maximum atomic E-state index is 14.1. The molecule has 1 aliphatic carbocycles. The largest absolute Gasteiger partial charge is 0.494 e. The van der Waals surface area contributed by atoms with Crippen LogP contribution in [0, 0.1) is 22.6 Å². The second-order valence-corrected chi connectivity index (χ2v) is 6.72. The molecule has 0 aromatic heterocycles. The van der Waals surface area contributed by atoms with Gasteiger partial charge in [0.25, 0.3) is 0 Å². The van der Waals surface area contributed by atoms with Crippen LogP contribution in [-0.4, -0.2) is 13.2 Å². The number of benzene rings is 1. The van der Waals surface area contributed by atoms with Crippen LogP contribution in [0.25, 0.3) is 0 Å². The molecule has 1 fully saturated rings. The van der Waals surface area contributed by atoms with Crippen molar-refractivity contribution in [1.29, 1.82) is 0 Å². The van der Waals surface area contributed by atoms with Crippen molar-refractivity contribution < 1.29 is 9.13 Å². The molecule has 3 heteroatoms. The minimum atomic E-state index is -0.281. The van der Waals surface area contributed by atoms with Gasteiger partial charge in [0.1, 0.15) is 0 Å². The summed E-state index contributed by atoms with van der Waals surface area (Å²) in [5.74, 6) is 0.432. The molecule has 2 N–H and O–H groups in total. The highest BCUT2D eigenvalue weighted by Gasteiger charge is 2.66. The molecule has 0 aliphatic heterocycles. The monoisotopic (exact) mass is 265 g/mol. The Morgan fingerprint density at radius 3 is 2.32 bits per heavy atom. The summed E-state index contributed by atoms with van der Waals surface area (Å²) in [6.45, 7) is 8.94. The number of rotatable bonds is 4. The molecule has 19 heavy (non-hydrogen) atoms. The average Bonchev–Trinajstić information content (AvgIpc) is 2.72. The van der Waals surface area contributed by atoms with E-state index >= 15 is 0 Å². The van der Waals surface area contributed by atoms with Gasteiger partial charge in [0.05, 0.1) is 7.11 Å². The normalized spacial score (nSPS) is 22.1. The van der Waals surface area contributed by atoms with Crippen molar-refractivity contribution in [2.24, 2.45) is 22.5 Å².